The van der Waals surface area contributed by atoms with Gasteiger partial charge in [0.2, 0.25) is 0 Å². The lowest BCUT2D eigenvalue weighted by molar-refractivity contribution is -0.143. The summed E-state index contributed by atoms with van der Waals surface area (Å²) in [4.78, 5) is 25.9. The Morgan fingerprint density at radius 1 is 1.29 bits per heavy atom. The van der Waals surface area contributed by atoms with E-state index in [1.54, 1.807) is 17.0 Å². The van der Waals surface area contributed by atoms with Crippen LogP contribution in [0.1, 0.15) is 24.0 Å². The second kappa shape index (κ2) is 6.74. The maximum atomic E-state index is 12.4. The number of anilines is 1. The van der Waals surface area contributed by atoms with Gasteiger partial charge in [-0.3, -0.25) is 4.79 Å². The Kier molecular flexibility index (Phi) is 4.51. The molecule has 0 saturated carbocycles. The standard InChI is InChI=1S/C19H19NO4/c1-13-11-15-5-3-4-6-17(15)20(13)18(21)12-23-19(22)10-9-16-8-7-14(2)24-16/h3-10,13H,11-12H2,1-2H3/b10-9+/t13-/m1/s1. The maximum absolute atomic E-state index is 12.4. The monoisotopic (exact) mass is 325 g/mol. The van der Waals surface area contributed by atoms with Crippen molar-refractivity contribution in [1.29, 1.82) is 0 Å². The number of amides is 1. The zero-order valence-corrected chi connectivity index (χ0v) is 13.7. The van der Waals surface area contributed by atoms with Gasteiger partial charge in [-0.25, -0.2) is 4.79 Å². The van der Waals surface area contributed by atoms with E-state index in [2.05, 4.69) is 0 Å². The van der Waals surface area contributed by atoms with Crippen LogP contribution in [0.2, 0.25) is 0 Å². The van der Waals surface area contributed by atoms with Crippen LogP contribution < -0.4 is 4.90 Å². The number of furan rings is 1. The molecule has 2 heterocycles. The first-order valence-corrected chi connectivity index (χ1v) is 7.86. The molecular weight excluding hydrogens is 306 g/mol. The van der Waals surface area contributed by atoms with Crippen molar-refractivity contribution >= 4 is 23.6 Å². The smallest absolute Gasteiger partial charge is 0.331 e. The first kappa shape index (κ1) is 16.1. The minimum Gasteiger partial charge on any atom is -0.462 e. The molecule has 5 heteroatoms. The molecule has 1 aliphatic rings. The Bertz CT molecular complexity index is 790. The number of carbonyl (C=O) groups is 2. The van der Waals surface area contributed by atoms with Gasteiger partial charge < -0.3 is 14.1 Å². The van der Waals surface area contributed by atoms with Gasteiger partial charge >= 0.3 is 5.97 Å². The molecule has 0 radical (unpaired) electrons. The second-order valence-electron chi connectivity index (χ2n) is 5.84. The third-order valence-electron chi connectivity index (χ3n) is 3.96. The molecule has 0 aliphatic carbocycles. The van der Waals surface area contributed by atoms with E-state index in [0.29, 0.717) is 5.76 Å². The van der Waals surface area contributed by atoms with E-state index in [4.69, 9.17) is 9.15 Å². The molecule has 0 saturated heterocycles. The third-order valence-corrected chi connectivity index (χ3v) is 3.96. The molecule has 1 atom stereocenters. The highest BCUT2D eigenvalue weighted by molar-refractivity contribution is 5.98. The third kappa shape index (κ3) is 3.40. The van der Waals surface area contributed by atoms with Gasteiger partial charge in [0.15, 0.2) is 6.61 Å². The van der Waals surface area contributed by atoms with Crippen molar-refractivity contribution in [2.75, 3.05) is 11.5 Å². The zero-order valence-electron chi connectivity index (χ0n) is 13.7. The zero-order chi connectivity index (χ0) is 17.1. The van der Waals surface area contributed by atoms with Crippen molar-refractivity contribution in [3.8, 4) is 0 Å². The maximum Gasteiger partial charge on any atom is 0.331 e. The van der Waals surface area contributed by atoms with E-state index in [1.807, 2.05) is 38.1 Å². The average Bonchev–Trinajstić information content (AvgIpc) is 3.12. The molecular formula is C19H19NO4. The van der Waals surface area contributed by atoms with E-state index >= 15 is 0 Å². The summed E-state index contributed by atoms with van der Waals surface area (Å²) in [5.74, 6) is 0.540. The Morgan fingerprint density at radius 2 is 2.08 bits per heavy atom. The molecule has 1 aromatic heterocycles. The normalized spacial score (nSPS) is 16.4. The Morgan fingerprint density at radius 3 is 2.83 bits per heavy atom. The topological polar surface area (TPSA) is 59.8 Å². The summed E-state index contributed by atoms with van der Waals surface area (Å²) >= 11 is 0. The molecule has 0 N–H and O–H groups in total. The van der Waals surface area contributed by atoms with E-state index in [0.717, 1.165) is 23.4 Å². The van der Waals surface area contributed by atoms with Crippen molar-refractivity contribution in [2.24, 2.45) is 0 Å². The molecule has 1 aliphatic heterocycles. The van der Waals surface area contributed by atoms with Gasteiger partial charge in [-0.15, -0.1) is 0 Å². The minimum atomic E-state index is -0.572. The van der Waals surface area contributed by atoms with Crippen LogP contribution in [0.4, 0.5) is 5.69 Å². The lowest BCUT2D eigenvalue weighted by atomic mass is 10.1. The average molecular weight is 325 g/mol. The van der Waals surface area contributed by atoms with E-state index in [-0.39, 0.29) is 18.6 Å². The summed E-state index contributed by atoms with van der Waals surface area (Å²) in [7, 11) is 0. The lowest BCUT2D eigenvalue weighted by Gasteiger charge is -2.22. The minimum absolute atomic E-state index is 0.0650. The molecule has 24 heavy (non-hydrogen) atoms. The van der Waals surface area contributed by atoms with Crippen LogP contribution in [0.3, 0.4) is 0 Å². The molecule has 124 valence electrons. The van der Waals surface area contributed by atoms with Crippen molar-refractivity contribution in [1.82, 2.24) is 0 Å². The van der Waals surface area contributed by atoms with Gasteiger partial charge in [0.05, 0.1) is 0 Å². The summed E-state index contributed by atoms with van der Waals surface area (Å²) in [5, 5.41) is 0. The van der Waals surface area contributed by atoms with Crippen LogP contribution in [0.5, 0.6) is 0 Å². The van der Waals surface area contributed by atoms with Crippen LogP contribution in [-0.4, -0.2) is 24.5 Å². The molecule has 0 bridgehead atoms. The molecule has 0 unspecified atom stereocenters. The van der Waals surface area contributed by atoms with Crippen molar-refractivity contribution < 1.29 is 18.7 Å². The number of para-hydroxylation sites is 1. The fourth-order valence-corrected chi connectivity index (χ4v) is 2.89. The van der Waals surface area contributed by atoms with Crippen LogP contribution >= 0.6 is 0 Å². The fourth-order valence-electron chi connectivity index (χ4n) is 2.89. The molecule has 3 rings (SSSR count). The van der Waals surface area contributed by atoms with Crippen LogP contribution in [0.15, 0.2) is 46.9 Å². The molecule has 1 amide bonds. The second-order valence-corrected chi connectivity index (χ2v) is 5.84. The van der Waals surface area contributed by atoms with Gasteiger partial charge in [0.25, 0.3) is 5.91 Å². The summed E-state index contributed by atoms with van der Waals surface area (Å²) in [6.45, 7) is 3.53. The predicted molar refractivity (Wildman–Crippen MR) is 90.5 cm³/mol. The SMILES string of the molecule is Cc1ccc(/C=C/C(=O)OCC(=O)N2c3ccccc3C[C@H]2C)o1. The van der Waals surface area contributed by atoms with Gasteiger partial charge in [-0.05, 0) is 50.1 Å². The summed E-state index contributed by atoms with van der Waals surface area (Å²) in [6.07, 6.45) is 3.59. The van der Waals surface area contributed by atoms with Crippen molar-refractivity contribution in [2.45, 2.75) is 26.3 Å². The van der Waals surface area contributed by atoms with E-state index in [9.17, 15) is 9.59 Å². The fraction of sp³-hybridized carbons (Fsp3) is 0.263. The van der Waals surface area contributed by atoms with E-state index < -0.39 is 5.97 Å². The quantitative estimate of drug-likeness (QED) is 0.640. The van der Waals surface area contributed by atoms with Gasteiger partial charge in [0, 0.05) is 17.8 Å². The highest BCUT2D eigenvalue weighted by Crippen LogP contribution is 2.31. The van der Waals surface area contributed by atoms with Gasteiger partial charge in [-0.2, -0.15) is 0 Å². The number of rotatable bonds is 4. The molecule has 0 fully saturated rings. The lowest BCUT2D eigenvalue weighted by Crippen LogP contribution is -2.38. The van der Waals surface area contributed by atoms with E-state index in [1.165, 1.54) is 12.2 Å². The van der Waals surface area contributed by atoms with Crippen LogP contribution in [0.25, 0.3) is 6.08 Å². The van der Waals surface area contributed by atoms with Gasteiger partial charge in [-0.1, -0.05) is 18.2 Å². The number of esters is 1. The molecule has 0 spiro atoms. The summed E-state index contributed by atoms with van der Waals surface area (Å²) in [5.41, 5.74) is 2.03. The number of fused-ring (bicyclic) bond motifs is 1. The molecule has 5 nitrogen and oxygen atoms in total. The number of carbonyl (C=O) groups excluding carboxylic acids is 2. The summed E-state index contributed by atoms with van der Waals surface area (Å²) in [6, 6.07) is 11.4. The number of nitrogens with zero attached hydrogens (tertiary/aromatic N) is 1. The van der Waals surface area contributed by atoms with Crippen molar-refractivity contribution in [3.63, 3.8) is 0 Å². The van der Waals surface area contributed by atoms with Crippen molar-refractivity contribution in [3.05, 3.63) is 59.6 Å². The predicted octanol–water partition coefficient (Wildman–Crippen LogP) is 3.12. The first-order valence-electron chi connectivity index (χ1n) is 7.86. The van der Waals surface area contributed by atoms with Crippen LogP contribution in [0, 0.1) is 6.92 Å². The molecule has 1 aromatic carbocycles. The highest BCUT2D eigenvalue weighted by atomic mass is 16.5. The first-order chi connectivity index (χ1) is 11.5. The number of benzene rings is 1. The molecule has 2 aromatic rings. The number of hydrogen-bond donors (Lipinski definition) is 0. The van der Waals surface area contributed by atoms with Crippen LogP contribution in [-0.2, 0) is 20.7 Å². The number of ether oxygens (including phenoxy) is 1. The Labute approximate surface area is 140 Å². The Balaban J connectivity index is 1.57. The highest BCUT2D eigenvalue weighted by Gasteiger charge is 2.30. The largest absolute Gasteiger partial charge is 0.462 e. The number of hydrogen-bond acceptors (Lipinski definition) is 4. The Hall–Kier alpha value is -2.82. The summed E-state index contributed by atoms with van der Waals surface area (Å²) < 4.78 is 10.4. The number of aryl methyl sites for hydroxylation is 1. The van der Waals surface area contributed by atoms with Gasteiger partial charge in [0.1, 0.15) is 11.5 Å².